The van der Waals surface area contributed by atoms with Crippen molar-refractivity contribution in [2.75, 3.05) is 0 Å². The molecule has 0 aromatic rings. The van der Waals surface area contributed by atoms with E-state index in [1.807, 2.05) is 0 Å². The first-order chi connectivity index (χ1) is 26.2. The monoisotopic (exact) mass is 700 g/mol. The standard InChI is InChI=1S/C49H52N2O2/c1-31-11-10-12-35(27-31)51-43-17-5-2-13-36(43)37-23-20-32(28-44(37)51)33-21-24-40-47(29-33)52-45-18-6-3-14-38(45)49(40)39-15-4-7-19-46(39)53-48-30-34(22-25-41(48)49)42-16-8-9-26-50-42/h2,4,7,13-15,18-31,37,39-42,44,46-48H,3,5-6,8-12,16-17H2,1H3. The molecule has 4 nitrogen and oxygen atoms in total. The first kappa shape index (κ1) is 32.3. The van der Waals surface area contributed by atoms with Crippen LogP contribution in [-0.2, 0) is 9.47 Å². The SMILES string of the molecule is CC1C=C(N2C3=C(C=CCC3)C3C=CC(C4=CC5OC6=CCCC=C6C6(C5C=C4)C4C=CC=CC4OC4C=C(C5CCCC=N5)C=CC46)=CC32)CCC1. The molecular formula is C49H52N2O2. The molecule has 0 bridgehead atoms. The fourth-order valence-corrected chi connectivity index (χ4v) is 12.1. The molecule has 0 radical (unpaired) electrons. The summed E-state index contributed by atoms with van der Waals surface area (Å²) in [5.41, 5.74) is 9.80. The van der Waals surface area contributed by atoms with E-state index in [1.54, 1.807) is 11.4 Å². The van der Waals surface area contributed by atoms with E-state index in [2.05, 4.69) is 127 Å². The van der Waals surface area contributed by atoms with Crippen LogP contribution in [0.3, 0.4) is 0 Å². The quantitative estimate of drug-likeness (QED) is 0.294. The topological polar surface area (TPSA) is 34.1 Å². The van der Waals surface area contributed by atoms with Gasteiger partial charge in [-0.25, -0.2) is 0 Å². The van der Waals surface area contributed by atoms with Gasteiger partial charge in [0.05, 0.1) is 24.3 Å². The van der Waals surface area contributed by atoms with Gasteiger partial charge in [0.25, 0.3) is 0 Å². The first-order valence-electron chi connectivity index (χ1n) is 20.9. The van der Waals surface area contributed by atoms with Crippen LogP contribution < -0.4 is 0 Å². The number of nitrogens with zero attached hydrogens (tertiary/aromatic N) is 2. The van der Waals surface area contributed by atoms with Crippen molar-refractivity contribution >= 4 is 6.21 Å². The van der Waals surface area contributed by atoms with Crippen LogP contribution in [0.4, 0.5) is 0 Å². The largest absolute Gasteiger partial charge is 0.486 e. The molecule has 11 rings (SSSR count). The van der Waals surface area contributed by atoms with Crippen molar-refractivity contribution in [3.63, 3.8) is 0 Å². The Morgan fingerprint density at radius 1 is 0.736 bits per heavy atom. The summed E-state index contributed by atoms with van der Waals surface area (Å²) in [4.78, 5) is 7.69. The van der Waals surface area contributed by atoms with Gasteiger partial charge in [-0.1, -0.05) is 98.1 Å². The predicted octanol–water partition coefficient (Wildman–Crippen LogP) is 10.4. The zero-order valence-corrected chi connectivity index (χ0v) is 31.0. The van der Waals surface area contributed by atoms with Crippen molar-refractivity contribution in [3.8, 4) is 0 Å². The number of allylic oxidation sites excluding steroid dienone is 14. The Hall–Kier alpha value is -4.15. The maximum atomic E-state index is 7.15. The highest BCUT2D eigenvalue weighted by Gasteiger charge is 2.64. The molecule has 0 aromatic carbocycles. The molecule has 53 heavy (non-hydrogen) atoms. The molecule has 0 aromatic heterocycles. The number of ether oxygens (including phenoxy) is 2. The third-order valence-electron chi connectivity index (χ3n) is 14.3. The molecule has 0 amide bonds. The van der Waals surface area contributed by atoms with E-state index in [4.69, 9.17) is 14.5 Å². The summed E-state index contributed by atoms with van der Waals surface area (Å²) in [5, 5.41) is 0. The summed E-state index contributed by atoms with van der Waals surface area (Å²) in [6, 6.07) is 0.576. The molecule has 11 atom stereocenters. The van der Waals surface area contributed by atoms with Gasteiger partial charge in [-0.15, -0.1) is 0 Å². The van der Waals surface area contributed by atoms with E-state index in [-0.39, 0.29) is 47.5 Å². The van der Waals surface area contributed by atoms with E-state index < -0.39 is 0 Å². The van der Waals surface area contributed by atoms with Crippen molar-refractivity contribution in [2.24, 2.45) is 40.0 Å². The highest BCUT2D eigenvalue weighted by molar-refractivity contribution is 5.60. The lowest BCUT2D eigenvalue weighted by Gasteiger charge is -2.62. The molecule has 2 fully saturated rings. The summed E-state index contributed by atoms with van der Waals surface area (Å²) in [5.74, 6) is 2.74. The molecule has 0 saturated carbocycles. The van der Waals surface area contributed by atoms with E-state index in [0.717, 1.165) is 44.3 Å². The second-order valence-corrected chi connectivity index (χ2v) is 17.2. The van der Waals surface area contributed by atoms with E-state index in [0.29, 0.717) is 17.9 Å². The minimum absolute atomic E-state index is 0.00945. The molecule has 4 heteroatoms. The maximum Gasteiger partial charge on any atom is 0.125 e. The summed E-state index contributed by atoms with van der Waals surface area (Å²) < 4.78 is 14.2. The predicted molar refractivity (Wildman–Crippen MR) is 214 cm³/mol. The van der Waals surface area contributed by atoms with Crippen molar-refractivity contribution in [1.82, 2.24) is 4.90 Å². The van der Waals surface area contributed by atoms with E-state index in [9.17, 15) is 0 Å². The van der Waals surface area contributed by atoms with Gasteiger partial charge in [0.1, 0.15) is 11.9 Å². The zero-order valence-electron chi connectivity index (χ0n) is 31.0. The molecule has 2 saturated heterocycles. The number of rotatable bonds is 3. The summed E-state index contributed by atoms with van der Waals surface area (Å²) in [7, 11) is 0. The first-order valence-corrected chi connectivity index (χ1v) is 20.9. The lowest BCUT2D eigenvalue weighted by molar-refractivity contribution is -0.151. The van der Waals surface area contributed by atoms with Crippen LogP contribution in [0.5, 0.6) is 0 Å². The molecule has 4 heterocycles. The van der Waals surface area contributed by atoms with Crippen LogP contribution in [0.15, 0.2) is 159 Å². The summed E-state index contributed by atoms with van der Waals surface area (Å²) in [6.45, 7) is 2.39. The average molecular weight is 701 g/mol. The molecule has 0 N–H and O–H groups in total. The minimum Gasteiger partial charge on any atom is -0.486 e. The normalized spacial score (nSPS) is 41.5. The Bertz CT molecular complexity index is 2030. The van der Waals surface area contributed by atoms with E-state index >= 15 is 0 Å². The van der Waals surface area contributed by atoms with Crippen LogP contribution in [0.1, 0.15) is 71.1 Å². The van der Waals surface area contributed by atoms with Crippen LogP contribution in [-0.4, -0.2) is 41.5 Å². The number of hydrogen-bond donors (Lipinski definition) is 0. The lowest BCUT2D eigenvalue weighted by atomic mass is 9.47. The van der Waals surface area contributed by atoms with Gasteiger partial charge in [0, 0.05) is 40.5 Å². The molecular weight excluding hydrogens is 649 g/mol. The van der Waals surface area contributed by atoms with Gasteiger partial charge in [-0.3, -0.25) is 4.99 Å². The third kappa shape index (κ3) is 5.00. The van der Waals surface area contributed by atoms with Gasteiger partial charge >= 0.3 is 0 Å². The minimum atomic E-state index is -0.194. The van der Waals surface area contributed by atoms with Gasteiger partial charge in [-0.2, -0.15) is 0 Å². The zero-order chi connectivity index (χ0) is 35.1. The smallest absolute Gasteiger partial charge is 0.125 e. The molecule has 270 valence electrons. The van der Waals surface area contributed by atoms with Crippen LogP contribution >= 0.6 is 0 Å². The van der Waals surface area contributed by atoms with Crippen LogP contribution in [0.25, 0.3) is 0 Å². The number of hydrogen-bond acceptors (Lipinski definition) is 4. The molecule has 7 aliphatic carbocycles. The molecule has 1 spiro atoms. The average Bonchev–Trinajstić information content (AvgIpc) is 3.54. The Labute approximate surface area is 315 Å². The molecule has 11 aliphatic rings. The summed E-state index contributed by atoms with van der Waals surface area (Å²) in [6.07, 6.45) is 57.5. The van der Waals surface area contributed by atoms with Gasteiger partial charge in [-0.05, 0) is 122 Å². The van der Waals surface area contributed by atoms with Gasteiger partial charge < -0.3 is 14.4 Å². The van der Waals surface area contributed by atoms with Crippen molar-refractivity contribution < 1.29 is 9.47 Å². The van der Waals surface area contributed by atoms with Crippen LogP contribution in [0, 0.1) is 35.0 Å². The Morgan fingerprint density at radius 2 is 1.58 bits per heavy atom. The second-order valence-electron chi connectivity index (χ2n) is 17.2. The third-order valence-corrected chi connectivity index (χ3v) is 14.3. The van der Waals surface area contributed by atoms with Crippen molar-refractivity contribution in [2.45, 2.75) is 102 Å². The maximum absolute atomic E-state index is 7.15. The Balaban J connectivity index is 0.980. The fraction of sp³-hybridized carbons (Fsp3) is 0.449. The lowest BCUT2D eigenvalue weighted by Crippen LogP contribution is -2.62. The molecule has 11 unspecified atom stereocenters. The highest BCUT2D eigenvalue weighted by atomic mass is 16.5. The Morgan fingerprint density at radius 3 is 2.51 bits per heavy atom. The fourth-order valence-electron chi connectivity index (χ4n) is 12.1. The van der Waals surface area contributed by atoms with Crippen LogP contribution in [0.2, 0.25) is 0 Å². The second kappa shape index (κ2) is 12.7. The van der Waals surface area contributed by atoms with Crippen molar-refractivity contribution in [1.29, 1.82) is 0 Å². The number of fused-ring (bicyclic) bond motifs is 10. The Kier molecular flexibility index (Phi) is 7.75. The van der Waals surface area contributed by atoms with Gasteiger partial charge in [0.2, 0.25) is 0 Å². The number of aliphatic imine (C=N–C) groups is 1. The highest BCUT2D eigenvalue weighted by Crippen LogP contribution is 2.65. The molecule has 4 aliphatic heterocycles. The summed E-state index contributed by atoms with van der Waals surface area (Å²) >= 11 is 0. The van der Waals surface area contributed by atoms with Crippen molar-refractivity contribution in [3.05, 3.63) is 154 Å². The van der Waals surface area contributed by atoms with E-state index in [1.165, 1.54) is 53.5 Å². The van der Waals surface area contributed by atoms with Gasteiger partial charge in [0.15, 0.2) is 0 Å².